The Balaban J connectivity index is 0.00000242. The number of benzene rings is 1. The second-order valence-electron chi connectivity index (χ2n) is 6.67. The Kier molecular flexibility index (Phi) is 10.1. The zero-order valence-electron chi connectivity index (χ0n) is 14.4. The van der Waals surface area contributed by atoms with Gasteiger partial charge in [-0.25, -0.2) is 0 Å². The second-order valence-corrected chi connectivity index (χ2v) is 7.59. The van der Waals surface area contributed by atoms with Gasteiger partial charge in [0.2, 0.25) is 0 Å². The van der Waals surface area contributed by atoms with Crippen LogP contribution in [-0.4, -0.2) is 37.7 Å². The molecule has 1 aromatic rings. The van der Waals surface area contributed by atoms with Crippen molar-refractivity contribution in [2.45, 2.75) is 33.7 Å². The minimum absolute atomic E-state index is 0. The predicted octanol–water partition coefficient (Wildman–Crippen LogP) is 4.68. The third-order valence-corrected chi connectivity index (χ3v) is 4.40. The molecule has 0 saturated carbocycles. The summed E-state index contributed by atoms with van der Waals surface area (Å²) in [4.78, 5) is 2.58. The molecule has 0 radical (unpaired) electrons. The fraction of sp³-hybridized carbons (Fsp3) is 0.647. The number of nitrogens with zero attached hydrogens (tertiary/aromatic N) is 1. The van der Waals surface area contributed by atoms with E-state index in [1.807, 2.05) is 6.92 Å². The van der Waals surface area contributed by atoms with Crippen LogP contribution in [0.4, 0.5) is 0 Å². The molecule has 1 aliphatic heterocycles. The topological polar surface area (TPSA) is 24.5 Å². The molecule has 1 aromatic carbocycles. The summed E-state index contributed by atoms with van der Waals surface area (Å²) in [5, 5.41) is 3.44. The molecule has 6 heteroatoms. The molecule has 3 nitrogen and oxygen atoms in total. The molecule has 0 aliphatic carbocycles. The number of hydrogen-bond donors (Lipinski definition) is 1. The minimum Gasteiger partial charge on any atom is -0.494 e. The Bertz CT molecular complexity index is 474. The van der Waals surface area contributed by atoms with E-state index in [0.29, 0.717) is 12.6 Å². The highest BCUT2D eigenvalue weighted by Crippen LogP contribution is 2.42. The molecular weight excluding hydrogens is 399 g/mol. The van der Waals surface area contributed by atoms with Gasteiger partial charge in [0.25, 0.3) is 0 Å². The van der Waals surface area contributed by atoms with Crippen molar-refractivity contribution in [3.8, 4) is 5.75 Å². The lowest BCUT2D eigenvalue weighted by molar-refractivity contribution is 0.0836. The molecular formula is C17H29BrCl2N2O. The van der Waals surface area contributed by atoms with Crippen molar-refractivity contribution < 1.29 is 4.74 Å². The fourth-order valence-electron chi connectivity index (χ4n) is 3.17. The van der Waals surface area contributed by atoms with Crippen molar-refractivity contribution in [1.29, 1.82) is 0 Å². The smallest absolute Gasteiger partial charge is 0.124 e. The monoisotopic (exact) mass is 426 g/mol. The Morgan fingerprint density at radius 1 is 1.22 bits per heavy atom. The van der Waals surface area contributed by atoms with Gasteiger partial charge < -0.3 is 10.1 Å². The zero-order valence-corrected chi connectivity index (χ0v) is 17.6. The fourth-order valence-corrected chi connectivity index (χ4v) is 3.55. The van der Waals surface area contributed by atoms with Gasteiger partial charge in [-0.2, -0.15) is 0 Å². The van der Waals surface area contributed by atoms with Gasteiger partial charge in [-0.3, -0.25) is 4.90 Å². The first-order valence-corrected chi connectivity index (χ1v) is 8.60. The van der Waals surface area contributed by atoms with E-state index in [9.17, 15) is 0 Å². The maximum Gasteiger partial charge on any atom is 0.124 e. The summed E-state index contributed by atoms with van der Waals surface area (Å²) in [5.74, 6) is 1.01. The van der Waals surface area contributed by atoms with Crippen LogP contribution in [0.5, 0.6) is 5.75 Å². The van der Waals surface area contributed by atoms with E-state index in [1.54, 1.807) is 0 Å². The van der Waals surface area contributed by atoms with E-state index < -0.39 is 0 Å². The van der Waals surface area contributed by atoms with Crippen LogP contribution in [0, 0.1) is 5.41 Å². The van der Waals surface area contributed by atoms with Crippen LogP contribution < -0.4 is 10.1 Å². The van der Waals surface area contributed by atoms with Crippen LogP contribution in [0.15, 0.2) is 22.7 Å². The molecule has 2 rings (SSSR count). The molecule has 0 amide bonds. The van der Waals surface area contributed by atoms with Crippen molar-refractivity contribution >= 4 is 40.7 Å². The van der Waals surface area contributed by atoms with E-state index in [0.717, 1.165) is 36.4 Å². The molecule has 1 aliphatic rings. The summed E-state index contributed by atoms with van der Waals surface area (Å²) in [6, 6.07) is 6.73. The van der Waals surface area contributed by atoms with Crippen LogP contribution in [0.25, 0.3) is 0 Å². The van der Waals surface area contributed by atoms with Gasteiger partial charge in [0, 0.05) is 42.3 Å². The van der Waals surface area contributed by atoms with Crippen molar-refractivity contribution in [3.63, 3.8) is 0 Å². The quantitative estimate of drug-likeness (QED) is 0.754. The van der Waals surface area contributed by atoms with E-state index in [4.69, 9.17) is 4.74 Å². The third kappa shape index (κ3) is 6.09. The maximum atomic E-state index is 5.90. The highest BCUT2D eigenvalue weighted by molar-refractivity contribution is 9.10. The van der Waals surface area contributed by atoms with Crippen molar-refractivity contribution in [2.24, 2.45) is 5.41 Å². The summed E-state index contributed by atoms with van der Waals surface area (Å²) in [6.45, 7) is 14.0. The van der Waals surface area contributed by atoms with Crippen LogP contribution in [0.2, 0.25) is 0 Å². The first-order valence-electron chi connectivity index (χ1n) is 7.80. The highest BCUT2D eigenvalue weighted by Gasteiger charge is 2.34. The minimum atomic E-state index is 0. The summed E-state index contributed by atoms with van der Waals surface area (Å²) in [7, 11) is 0. The van der Waals surface area contributed by atoms with E-state index in [1.165, 1.54) is 5.56 Å². The standard InChI is InChI=1S/C17H27BrN2O.2ClH/c1-5-21-15-7-6-13(18)12-14(15)16(17(2,3)4)20-10-8-19-9-11-20;;/h6-7,12,16,19H,5,8-11H2,1-4H3;2*1H/t16-;;/m0../s1. The lowest BCUT2D eigenvalue weighted by Crippen LogP contribution is -2.48. The first kappa shape index (κ1) is 23.0. The van der Waals surface area contributed by atoms with Gasteiger partial charge in [-0.15, -0.1) is 24.8 Å². The van der Waals surface area contributed by atoms with Crippen molar-refractivity contribution in [1.82, 2.24) is 10.2 Å². The second kappa shape index (κ2) is 10.1. The highest BCUT2D eigenvalue weighted by atomic mass is 79.9. The molecule has 1 fully saturated rings. The third-order valence-electron chi connectivity index (χ3n) is 3.90. The predicted molar refractivity (Wildman–Crippen MR) is 106 cm³/mol. The van der Waals surface area contributed by atoms with Crippen LogP contribution in [-0.2, 0) is 0 Å². The Labute approximate surface area is 161 Å². The Morgan fingerprint density at radius 2 is 1.83 bits per heavy atom. The molecule has 1 N–H and O–H groups in total. The van der Waals surface area contributed by atoms with Gasteiger partial charge >= 0.3 is 0 Å². The average Bonchev–Trinajstić information content (AvgIpc) is 2.42. The number of rotatable bonds is 4. The molecule has 134 valence electrons. The largest absolute Gasteiger partial charge is 0.494 e. The molecule has 1 atom stereocenters. The number of piperazine rings is 1. The van der Waals surface area contributed by atoms with E-state index >= 15 is 0 Å². The SMILES string of the molecule is CCOc1ccc(Br)cc1[C@H](N1CCNCC1)C(C)(C)C.Cl.Cl. The molecule has 0 spiro atoms. The maximum absolute atomic E-state index is 5.90. The van der Waals surface area contributed by atoms with Gasteiger partial charge in [0.05, 0.1) is 6.61 Å². The van der Waals surface area contributed by atoms with Crippen LogP contribution in [0.1, 0.15) is 39.3 Å². The van der Waals surface area contributed by atoms with Crippen molar-refractivity contribution in [3.05, 3.63) is 28.2 Å². The number of nitrogens with one attached hydrogen (secondary N) is 1. The lowest BCUT2D eigenvalue weighted by Gasteiger charge is -2.43. The molecule has 1 saturated heterocycles. The van der Waals surface area contributed by atoms with E-state index in [2.05, 4.69) is 65.1 Å². The van der Waals surface area contributed by atoms with Crippen molar-refractivity contribution in [2.75, 3.05) is 32.8 Å². The average molecular weight is 428 g/mol. The molecule has 0 aromatic heterocycles. The number of ether oxygens (including phenoxy) is 1. The summed E-state index contributed by atoms with van der Waals surface area (Å²) in [5.41, 5.74) is 1.45. The number of halogens is 3. The zero-order chi connectivity index (χ0) is 15.5. The van der Waals surface area contributed by atoms with Crippen LogP contribution in [0.3, 0.4) is 0 Å². The first-order chi connectivity index (χ1) is 9.93. The van der Waals surface area contributed by atoms with E-state index in [-0.39, 0.29) is 30.2 Å². The molecule has 1 heterocycles. The summed E-state index contributed by atoms with van der Waals surface area (Å²) >= 11 is 3.62. The Hall–Kier alpha value is -0.000000000000000222. The van der Waals surface area contributed by atoms with Gasteiger partial charge in [0.15, 0.2) is 0 Å². The van der Waals surface area contributed by atoms with Gasteiger partial charge in [-0.05, 0) is 30.5 Å². The summed E-state index contributed by atoms with van der Waals surface area (Å²) < 4.78 is 7.01. The van der Waals surface area contributed by atoms with Gasteiger partial charge in [-0.1, -0.05) is 36.7 Å². The van der Waals surface area contributed by atoms with Gasteiger partial charge in [0.1, 0.15) is 5.75 Å². The Morgan fingerprint density at radius 3 is 2.35 bits per heavy atom. The molecule has 0 bridgehead atoms. The number of hydrogen-bond acceptors (Lipinski definition) is 3. The summed E-state index contributed by atoms with van der Waals surface area (Å²) in [6.07, 6.45) is 0. The molecule has 23 heavy (non-hydrogen) atoms. The molecule has 0 unspecified atom stereocenters. The lowest BCUT2D eigenvalue weighted by atomic mass is 9.80. The van der Waals surface area contributed by atoms with Crippen LogP contribution >= 0.6 is 40.7 Å². The normalized spacial score (nSPS) is 16.9.